The van der Waals surface area contributed by atoms with Crippen molar-refractivity contribution in [2.45, 2.75) is 0 Å². The van der Waals surface area contributed by atoms with Crippen LogP contribution in [-0.4, -0.2) is 10.5 Å². The average Bonchev–Trinajstić information content (AvgIpc) is 1.80. The van der Waals surface area contributed by atoms with Crippen molar-refractivity contribution in [3.8, 4) is 0 Å². The standard InChI is InChI=1S/C5H2Cl3N.H2O/c6-3-1-4(7)5(8)9-2-3;/h1-2H;1H2. The third kappa shape index (κ3) is 2.31. The summed E-state index contributed by atoms with van der Waals surface area (Å²) in [5.74, 6) is 0. The van der Waals surface area contributed by atoms with E-state index in [1.165, 1.54) is 6.20 Å². The van der Waals surface area contributed by atoms with Gasteiger partial charge in [-0.25, -0.2) is 4.98 Å². The topological polar surface area (TPSA) is 44.4 Å². The quantitative estimate of drug-likeness (QED) is 0.592. The van der Waals surface area contributed by atoms with Crippen LogP contribution in [0.1, 0.15) is 0 Å². The lowest BCUT2D eigenvalue weighted by atomic mass is 10.5. The van der Waals surface area contributed by atoms with E-state index in [2.05, 4.69) is 4.98 Å². The number of pyridine rings is 1. The maximum absolute atomic E-state index is 5.54. The van der Waals surface area contributed by atoms with Gasteiger partial charge in [-0.1, -0.05) is 34.8 Å². The normalized spacial score (nSPS) is 8.70. The molecule has 56 valence electrons. The molecule has 0 atom stereocenters. The number of halogens is 3. The zero-order chi connectivity index (χ0) is 6.85. The molecule has 0 aliphatic heterocycles. The summed E-state index contributed by atoms with van der Waals surface area (Å²) in [4.78, 5) is 3.68. The summed E-state index contributed by atoms with van der Waals surface area (Å²) in [6.45, 7) is 0. The van der Waals surface area contributed by atoms with Crippen LogP contribution in [-0.2, 0) is 0 Å². The van der Waals surface area contributed by atoms with Gasteiger partial charge in [0.25, 0.3) is 0 Å². The average molecular weight is 200 g/mol. The Bertz CT molecular complexity index is 228. The number of aromatic nitrogens is 1. The first-order valence-corrected chi connectivity index (χ1v) is 3.30. The highest BCUT2D eigenvalue weighted by Crippen LogP contribution is 2.21. The molecule has 0 aliphatic rings. The Labute approximate surface area is 73.0 Å². The second-order valence-electron chi connectivity index (χ2n) is 1.43. The highest BCUT2D eigenvalue weighted by atomic mass is 35.5. The fraction of sp³-hybridized carbons (Fsp3) is 0. The summed E-state index contributed by atoms with van der Waals surface area (Å²) in [5.41, 5.74) is 0. The first-order chi connectivity index (χ1) is 4.20. The first kappa shape index (κ1) is 9.98. The summed E-state index contributed by atoms with van der Waals surface area (Å²) < 4.78 is 0. The summed E-state index contributed by atoms with van der Waals surface area (Å²) >= 11 is 16.5. The van der Waals surface area contributed by atoms with Crippen molar-refractivity contribution in [2.24, 2.45) is 0 Å². The SMILES string of the molecule is Clc1cnc(Cl)c(Cl)c1.O. The molecule has 2 N–H and O–H groups in total. The molecule has 0 aliphatic carbocycles. The van der Waals surface area contributed by atoms with Crippen molar-refractivity contribution < 1.29 is 5.48 Å². The van der Waals surface area contributed by atoms with Gasteiger partial charge in [-0.2, -0.15) is 0 Å². The molecular formula is C5H4Cl3NO. The van der Waals surface area contributed by atoms with Crippen LogP contribution < -0.4 is 0 Å². The Morgan fingerprint density at radius 2 is 1.80 bits per heavy atom. The minimum Gasteiger partial charge on any atom is -0.412 e. The van der Waals surface area contributed by atoms with Gasteiger partial charge in [0.1, 0.15) is 5.15 Å². The zero-order valence-corrected chi connectivity index (χ0v) is 7.00. The number of nitrogens with zero attached hydrogens (tertiary/aromatic N) is 1. The fourth-order valence-corrected chi connectivity index (χ4v) is 0.881. The summed E-state index contributed by atoms with van der Waals surface area (Å²) in [7, 11) is 0. The Kier molecular flexibility index (Phi) is 3.98. The number of hydrogen-bond acceptors (Lipinski definition) is 1. The molecule has 0 bridgehead atoms. The molecule has 1 rings (SSSR count). The fourth-order valence-electron chi connectivity index (χ4n) is 0.398. The summed E-state index contributed by atoms with van der Waals surface area (Å²) in [5, 5.41) is 1.15. The van der Waals surface area contributed by atoms with Gasteiger partial charge < -0.3 is 5.48 Å². The molecule has 2 nitrogen and oxygen atoms in total. The van der Waals surface area contributed by atoms with E-state index in [1.54, 1.807) is 6.07 Å². The maximum atomic E-state index is 5.54. The molecule has 1 heterocycles. The molecule has 5 heteroatoms. The van der Waals surface area contributed by atoms with Gasteiger partial charge in [0.2, 0.25) is 0 Å². The molecule has 10 heavy (non-hydrogen) atoms. The summed E-state index contributed by atoms with van der Waals surface area (Å²) in [6, 6.07) is 1.54. The lowest BCUT2D eigenvalue weighted by Gasteiger charge is -1.91. The van der Waals surface area contributed by atoms with Gasteiger partial charge >= 0.3 is 0 Å². The van der Waals surface area contributed by atoms with E-state index in [1.807, 2.05) is 0 Å². The van der Waals surface area contributed by atoms with Crippen molar-refractivity contribution in [1.82, 2.24) is 4.98 Å². The van der Waals surface area contributed by atoms with Crippen LogP contribution in [0.2, 0.25) is 15.2 Å². The Morgan fingerprint density at radius 1 is 1.20 bits per heavy atom. The van der Waals surface area contributed by atoms with E-state index in [4.69, 9.17) is 34.8 Å². The van der Waals surface area contributed by atoms with E-state index < -0.39 is 0 Å². The van der Waals surface area contributed by atoms with Crippen molar-refractivity contribution >= 4 is 34.8 Å². The van der Waals surface area contributed by atoms with E-state index in [-0.39, 0.29) is 10.6 Å². The lowest BCUT2D eigenvalue weighted by molar-refractivity contribution is 0.824. The minimum absolute atomic E-state index is 0. The highest BCUT2D eigenvalue weighted by molar-refractivity contribution is 6.42. The van der Waals surface area contributed by atoms with E-state index in [0.717, 1.165) is 0 Å². The molecular weight excluding hydrogens is 196 g/mol. The second-order valence-corrected chi connectivity index (χ2v) is 2.63. The maximum Gasteiger partial charge on any atom is 0.147 e. The smallest absolute Gasteiger partial charge is 0.147 e. The van der Waals surface area contributed by atoms with Crippen LogP contribution in [0.25, 0.3) is 0 Å². The van der Waals surface area contributed by atoms with Crippen molar-refractivity contribution in [3.05, 3.63) is 27.5 Å². The van der Waals surface area contributed by atoms with Gasteiger partial charge in [0.15, 0.2) is 0 Å². The van der Waals surface area contributed by atoms with E-state index in [9.17, 15) is 0 Å². The minimum atomic E-state index is 0. The molecule has 0 saturated carbocycles. The molecule has 0 amide bonds. The van der Waals surface area contributed by atoms with Gasteiger partial charge in [0, 0.05) is 6.20 Å². The molecule has 0 fully saturated rings. The second kappa shape index (κ2) is 3.98. The molecule has 0 saturated heterocycles. The van der Waals surface area contributed by atoms with Crippen LogP contribution in [0.15, 0.2) is 12.3 Å². The molecule has 0 aromatic carbocycles. The first-order valence-electron chi connectivity index (χ1n) is 2.16. The van der Waals surface area contributed by atoms with Crippen molar-refractivity contribution in [1.29, 1.82) is 0 Å². The third-order valence-corrected chi connectivity index (χ3v) is 1.66. The number of hydrogen-bond donors (Lipinski definition) is 0. The van der Waals surface area contributed by atoms with Crippen LogP contribution in [0.3, 0.4) is 0 Å². The lowest BCUT2D eigenvalue weighted by Crippen LogP contribution is -1.74. The van der Waals surface area contributed by atoms with Crippen LogP contribution >= 0.6 is 34.8 Å². The van der Waals surface area contributed by atoms with Crippen LogP contribution in [0.4, 0.5) is 0 Å². The third-order valence-electron chi connectivity index (χ3n) is 0.763. The molecule has 0 spiro atoms. The van der Waals surface area contributed by atoms with Gasteiger partial charge in [0.05, 0.1) is 10.0 Å². The van der Waals surface area contributed by atoms with Crippen LogP contribution in [0.5, 0.6) is 0 Å². The van der Waals surface area contributed by atoms with Gasteiger partial charge in [-0.3, -0.25) is 0 Å². The van der Waals surface area contributed by atoms with Gasteiger partial charge in [-0.15, -0.1) is 0 Å². The molecule has 0 radical (unpaired) electrons. The van der Waals surface area contributed by atoms with E-state index in [0.29, 0.717) is 10.0 Å². The zero-order valence-electron chi connectivity index (χ0n) is 4.74. The molecule has 1 aromatic rings. The predicted molar refractivity (Wildman–Crippen MR) is 42.9 cm³/mol. The van der Waals surface area contributed by atoms with Gasteiger partial charge in [-0.05, 0) is 6.07 Å². The Balaban J connectivity index is 0.000000810. The van der Waals surface area contributed by atoms with E-state index >= 15 is 0 Å². The monoisotopic (exact) mass is 199 g/mol. The largest absolute Gasteiger partial charge is 0.412 e. The summed E-state index contributed by atoms with van der Waals surface area (Å²) in [6.07, 6.45) is 1.44. The Hall–Kier alpha value is -0.0200. The highest BCUT2D eigenvalue weighted by Gasteiger charge is 1.96. The molecule has 0 unspecified atom stereocenters. The predicted octanol–water partition coefficient (Wildman–Crippen LogP) is 2.22. The number of rotatable bonds is 0. The molecule has 1 aromatic heterocycles. The van der Waals surface area contributed by atoms with Crippen molar-refractivity contribution in [3.63, 3.8) is 0 Å². The van der Waals surface area contributed by atoms with Crippen molar-refractivity contribution in [2.75, 3.05) is 0 Å². The Morgan fingerprint density at radius 3 is 2.20 bits per heavy atom. The van der Waals surface area contributed by atoms with Crippen LogP contribution in [0, 0.1) is 0 Å².